The van der Waals surface area contributed by atoms with Crippen LogP contribution in [0.3, 0.4) is 0 Å². The first-order chi connectivity index (χ1) is 2.41. The third-order valence-corrected chi connectivity index (χ3v) is 1.50. The molecule has 0 aliphatic heterocycles. The second-order valence-corrected chi connectivity index (χ2v) is 2.87. The zero-order valence-electron chi connectivity index (χ0n) is 3.91. The van der Waals surface area contributed by atoms with E-state index < -0.39 is 0 Å². The third kappa shape index (κ3) is 4.49. The first-order valence-corrected chi connectivity index (χ1v) is 3.54. The Morgan fingerprint density at radius 1 is 1.80 bits per heavy atom. The Kier molecular flexibility index (Phi) is 4.94. The molecule has 0 saturated heterocycles. The Hall–Kier alpha value is 0.495. The van der Waals surface area contributed by atoms with Gasteiger partial charge in [0.15, 0.2) is 0 Å². The molecule has 0 aromatic carbocycles. The molecule has 0 radical (unpaired) electrons. The highest BCUT2D eigenvalue weighted by Gasteiger charge is 1.67. The van der Waals surface area contributed by atoms with Crippen molar-refractivity contribution in [3.8, 4) is 0 Å². The van der Waals surface area contributed by atoms with Gasteiger partial charge in [-0.15, -0.1) is 8.58 Å². The van der Waals surface area contributed by atoms with Gasteiger partial charge in [0.05, 0.1) is 0 Å². The molecule has 0 aromatic rings. The van der Waals surface area contributed by atoms with Crippen LogP contribution >= 0.6 is 8.58 Å². The maximum absolute atomic E-state index is 2.22. The lowest BCUT2D eigenvalue weighted by atomic mass is 10.2. The lowest BCUT2D eigenvalue weighted by Gasteiger charge is -1.80. The van der Waals surface area contributed by atoms with Crippen LogP contribution in [0, 0.1) is 0 Å². The summed E-state index contributed by atoms with van der Waals surface area (Å²) >= 11 is 0. The fourth-order valence-corrected chi connectivity index (χ4v) is 0.750. The van der Waals surface area contributed by atoms with Crippen LogP contribution in [0.1, 0.15) is 6.92 Å². The van der Waals surface area contributed by atoms with Crippen LogP contribution in [0.4, 0.5) is 0 Å². The molecule has 30 valence electrons. The summed E-state index contributed by atoms with van der Waals surface area (Å²) < 4.78 is 0. The Balaban J connectivity index is 2.19. The average molecular weight is 87.9 g/mol. The molecule has 0 spiro atoms. The van der Waals surface area contributed by atoms with Crippen molar-refractivity contribution in [1.82, 2.24) is 0 Å². The molecule has 2 heteroatoms. The second-order valence-electron chi connectivity index (χ2n) is 0.957. The van der Waals surface area contributed by atoms with Crippen molar-refractivity contribution >= 4 is 16.4 Å². The molecular weight excluding hydrogens is 77.8 g/mol. The highest BCUT2D eigenvalue weighted by Crippen LogP contribution is 2.01. The SMILES string of the molecule is BCPCC. The van der Waals surface area contributed by atoms with Gasteiger partial charge >= 0.3 is 0 Å². The number of hydrogen-bond donors (Lipinski definition) is 0. The van der Waals surface area contributed by atoms with Crippen molar-refractivity contribution in [2.75, 3.05) is 12.2 Å². The smallest absolute Gasteiger partial charge is 0.106 e. The van der Waals surface area contributed by atoms with Crippen LogP contribution < -0.4 is 0 Å². The minimum atomic E-state index is 1.20. The minimum absolute atomic E-state index is 1.20. The summed E-state index contributed by atoms with van der Waals surface area (Å²) in [5, 5.41) is 0. The normalized spacial score (nSPS) is 10.6. The van der Waals surface area contributed by atoms with Gasteiger partial charge in [-0.3, -0.25) is 0 Å². The van der Waals surface area contributed by atoms with E-state index >= 15 is 0 Å². The molecule has 0 aliphatic carbocycles. The van der Waals surface area contributed by atoms with Gasteiger partial charge in [-0.1, -0.05) is 13.0 Å². The van der Waals surface area contributed by atoms with Crippen molar-refractivity contribution in [2.24, 2.45) is 0 Å². The van der Waals surface area contributed by atoms with Crippen molar-refractivity contribution in [3.05, 3.63) is 0 Å². The summed E-state index contributed by atoms with van der Waals surface area (Å²) in [6, 6.07) is 1.37. The predicted molar refractivity (Wildman–Crippen MR) is 32.3 cm³/mol. The molecule has 1 unspecified atom stereocenters. The van der Waals surface area contributed by atoms with E-state index in [2.05, 4.69) is 14.8 Å². The zero-order valence-corrected chi connectivity index (χ0v) is 4.91. The topological polar surface area (TPSA) is 0 Å². The van der Waals surface area contributed by atoms with E-state index in [1.165, 1.54) is 20.8 Å². The zero-order chi connectivity index (χ0) is 4.12. The van der Waals surface area contributed by atoms with Gasteiger partial charge in [0.25, 0.3) is 0 Å². The van der Waals surface area contributed by atoms with Crippen LogP contribution in [0.15, 0.2) is 0 Å². The number of hydrogen-bond acceptors (Lipinski definition) is 0. The molecule has 0 rings (SSSR count). The fourth-order valence-electron chi connectivity index (χ4n) is 0.250. The maximum atomic E-state index is 2.22. The molecule has 0 aromatic heterocycles. The lowest BCUT2D eigenvalue weighted by Crippen LogP contribution is -1.67. The maximum Gasteiger partial charge on any atom is 0.106 e. The molecule has 0 bridgehead atoms. The summed E-state index contributed by atoms with van der Waals surface area (Å²) in [5.74, 6) is 0. The summed E-state index contributed by atoms with van der Waals surface area (Å²) in [7, 11) is 3.42. The number of rotatable bonds is 2. The van der Waals surface area contributed by atoms with Crippen LogP contribution in [0.25, 0.3) is 0 Å². The summed E-state index contributed by atoms with van der Waals surface area (Å²) in [6.45, 7) is 2.22. The summed E-state index contributed by atoms with van der Waals surface area (Å²) in [6.07, 6.45) is 1.37. The summed E-state index contributed by atoms with van der Waals surface area (Å²) in [4.78, 5) is 0. The molecule has 0 amide bonds. The highest BCUT2D eigenvalue weighted by molar-refractivity contribution is 7.39. The van der Waals surface area contributed by atoms with E-state index in [0.717, 1.165) is 0 Å². The van der Waals surface area contributed by atoms with Gasteiger partial charge in [-0.2, -0.15) is 0 Å². The van der Waals surface area contributed by atoms with E-state index in [0.29, 0.717) is 0 Å². The molecule has 0 nitrogen and oxygen atoms in total. The first kappa shape index (κ1) is 5.49. The van der Waals surface area contributed by atoms with E-state index in [-0.39, 0.29) is 0 Å². The third-order valence-electron chi connectivity index (χ3n) is 0.500. The van der Waals surface area contributed by atoms with Crippen molar-refractivity contribution in [2.45, 2.75) is 6.92 Å². The Bertz CT molecular complexity index is 14.4. The van der Waals surface area contributed by atoms with Crippen LogP contribution in [0.2, 0.25) is 0 Å². The van der Waals surface area contributed by atoms with Crippen molar-refractivity contribution in [1.29, 1.82) is 0 Å². The molecule has 0 fully saturated rings. The van der Waals surface area contributed by atoms with Gasteiger partial charge in [0.1, 0.15) is 7.85 Å². The van der Waals surface area contributed by atoms with Crippen LogP contribution in [-0.4, -0.2) is 20.1 Å². The molecule has 1 atom stereocenters. The van der Waals surface area contributed by atoms with Gasteiger partial charge in [0.2, 0.25) is 0 Å². The van der Waals surface area contributed by atoms with Crippen LogP contribution in [0.5, 0.6) is 0 Å². The molecule has 0 N–H and O–H groups in total. The quantitative estimate of drug-likeness (QED) is 0.335. The molecule has 5 heavy (non-hydrogen) atoms. The molecular formula is C3H10BP. The van der Waals surface area contributed by atoms with Gasteiger partial charge in [-0.05, 0) is 6.16 Å². The monoisotopic (exact) mass is 88.1 g/mol. The van der Waals surface area contributed by atoms with Gasteiger partial charge in [0, 0.05) is 0 Å². The van der Waals surface area contributed by atoms with Gasteiger partial charge in [-0.25, -0.2) is 0 Å². The van der Waals surface area contributed by atoms with Crippen molar-refractivity contribution in [3.63, 3.8) is 0 Å². The van der Waals surface area contributed by atoms with E-state index in [9.17, 15) is 0 Å². The standard InChI is InChI=1S/C3H10BP/c1-2-5-3-4/h5H,2-4H2,1H3. The highest BCUT2D eigenvalue weighted by atomic mass is 31.1. The largest absolute Gasteiger partial charge is 0.130 e. The molecule has 0 saturated carbocycles. The van der Waals surface area contributed by atoms with E-state index in [4.69, 9.17) is 0 Å². The van der Waals surface area contributed by atoms with E-state index in [1.807, 2.05) is 0 Å². The lowest BCUT2D eigenvalue weighted by molar-refractivity contribution is 1.51. The Morgan fingerprint density at radius 3 is 2.40 bits per heavy atom. The Labute approximate surface area is 36.5 Å². The first-order valence-electron chi connectivity index (χ1n) is 2.12. The van der Waals surface area contributed by atoms with Crippen molar-refractivity contribution < 1.29 is 0 Å². The molecule has 0 aliphatic rings. The van der Waals surface area contributed by atoms with Crippen LogP contribution in [-0.2, 0) is 0 Å². The fraction of sp³-hybridized carbons (Fsp3) is 1.00. The predicted octanol–water partition coefficient (Wildman–Crippen LogP) is 0.275. The second kappa shape index (κ2) is 4.49. The van der Waals surface area contributed by atoms with E-state index in [1.54, 1.807) is 0 Å². The summed E-state index contributed by atoms with van der Waals surface area (Å²) in [5.41, 5.74) is 0. The average Bonchev–Trinajstić information content (AvgIpc) is 1.41. The molecule has 0 heterocycles. The van der Waals surface area contributed by atoms with Gasteiger partial charge < -0.3 is 0 Å². The Morgan fingerprint density at radius 2 is 2.40 bits per heavy atom. The minimum Gasteiger partial charge on any atom is -0.130 e.